The molecule has 7 nitrogen and oxygen atoms in total. The Morgan fingerprint density at radius 1 is 1.25 bits per heavy atom. The van der Waals surface area contributed by atoms with Gasteiger partial charge in [0.1, 0.15) is 5.69 Å². The van der Waals surface area contributed by atoms with E-state index < -0.39 is 0 Å². The summed E-state index contributed by atoms with van der Waals surface area (Å²) in [5.41, 5.74) is 2.62. The van der Waals surface area contributed by atoms with Crippen molar-refractivity contribution in [2.75, 3.05) is 5.32 Å². The fraction of sp³-hybridized carbons (Fsp3) is 0.143. The van der Waals surface area contributed by atoms with Crippen LogP contribution < -0.4 is 5.32 Å². The molecular formula is C21H17N5O2. The summed E-state index contributed by atoms with van der Waals surface area (Å²) in [6.07, 6.45) is 3.21. The van der Waals surface area contributed by atoms with Crippen molar-refractivity contribution in [1.82, 2.24) is 14.8 Å². The number of carbonyl (C=O) groups is 1. The molecule has 1 N–H and O–H groups in total. The predicted molar refractivity (Wildman–Crippen MR) is 105 cm³/mol. The topological polar surface area (TPSA) is 96.7 Å². The molecule has 0 unspecified atom stereocenters. The first-order valence-electron chi connectivity index (χ1n) is 8.80. The number of nitrogens with one attached hydrogen (secondary N) is 1. The maximum absolute atomic E-state index is 13.0. The van der Waals surface area contributed by atoms with Crippen molar-refractivity contribution < 1.29 is 9.21 Å². The van der Waals surface area contributed by atoms with Gasteiger partial charge in [-0.1, -0.05) is 6.07 Å². The minimum Gasteiger partial charge on any atom is -0.463 e. The van der Waals surface area contributed by atoms with E-state index in [9.17, 15) is 4.79 Å². The van der Waals surface area contributed by atoms with Crippen LogP contribution in [0.3, 0.4) is 0 Å². The molecule has 0 fully saturated rings. The molecule has 0 aliphatic carbocycles. The minimum absolute atomic E-state index is 0.0834. The zero-order valence-electron chi connectivity index (χ0n) is 15.4. The quantitative estimate of drug-likeness (QED) is 0.573. The highest BCUT2D eigenvalue weighted by Crippen LogP contribution is 2.27. The van der Waals surface area contributed by atoms with Crippen molar-refractivity contribution >= 4 is 22.6 Å². The summed E-state index contributed by atoms with van der Waals surface area (Å²) in [7, 11) is 0. The molecule has 0 radical (unpaired) electrons. The number of furan rings is 1. The fourth-order valence-corrected chi connectivity index (χ4v) is 3.00. The van der Waals surface area contributed by atoms with Gasteiger partial charge in [0.05, 0.1) is 35.0 Å². The van der Waals surface area contributed by atoms with Crippen LogP contribution in [0.25, 0.3) is 22.5 Å². The minimum atomic E-state index is -0.307. The van der Waals surface area contributed by atoms with Crippen molar-refractivity contribution in [3.05, 3.63) is 66.1 Å². The van der Waals surface area contributed by atoms with Gasteiger partial charge in [0, 0.05) is 11.7 Å². The Bertz CT molecular complexity index is 1200. The molecule has 1 amide bonds. The van der Waals surface area contributed by atoms with Crippen LogP contribution in [0.2, 0.25) is 0 Å². The van der Waals surface area contributed by atoms with E-state index in [1.807, 2.05) is 13.8 Å². The molecule has 4 aromatic rings. The van der Waals surface area contributed by atoms with Gasteiger partial charge in [-0.3, -0.25) is 4.79 Å². The molecule has 0 spiro atoms. The molecule has 3 aromatic heterocycles. The summed E-state index contributed by atoms with van der Waals surface area (Å²) >= 11 is 0. The number of rotatable bonds is 4. The molecule has 0 saturated carbocycles. The molecule has 3 heterocycles. The Hall–Kier alpha value is -3.92. The number of hydrogen-bond acceptors (Lipinski definition) is 5. The van der Waals surface area contributed by atoms with Crippen LogP contribution in [0.1, 0.15) is 35.8 Å². The van der Waals surface area contributed by atoms with Crippen LogP contribution in [-0.4, -0.2) is 20.7 Å². The second kappa shape index (κ2) is 7.00. The smallest absolute Gasteiger partial charge is 0.256 e. The summed E-state index contributed by atoms with van der Waals surface area (Å²) < 4.78 is 7.24. The van der Waals surface area contributed by atoms with E-state index in [-0.39, 0.29) is 11.9 Å². The van der Waals surface area contributed by atoms with Crippen LogP contribution in [0.5, 0.6) is 0 Å². The number of pyridine rings is 1. The third-order valence-corrected chi connectivity index (χ3v) is 4.32. The van der Waals surface area contributed by atoms with Crippen LogP contribution in [0, 0.1) is 11.3 Å². The molecule has 0 aliphatic rings. The zero-order chi connectivity index (χ0) is 19.7. The lowest BCUT2D eigenvalue weighted by Crippen LogP contribution is -2.13. The van der Waals surface area contributed by atoms with Crippen molar-refractivity contribution in [2.24, 2.45) is 0 Å². The Labute approximate surface area is 161 Å². The van der Waals surface area contributed by atoms with Gasteiger partial charge < -0.3 is 9.73 Å². The molecule has 1 aromatic carbocycles. The number of fused-ring (bicyclic) bond motifs is 1. The number of benzene rings is 1. The molecule has 7 heteroatoms. The monoisotopic (exact) mass is 371 g/mol. The first-order chi connectivity index (χ1) is 13.6. The van der Waals surface area contributed by atoms with Crippen molar-refractivity contribution in [3.8, 4) is 17.5 Å². The number of amides is 1. The molecule has 0 aliphatic heterocycles. The van der Waals surface area contributed by atoms with Gasteiger partial charge in [-0.2, -0.15) is 10.4 Å². The first kappa shape index (κ1) is 17.5. The van der Waals surface area contributed by atoms with Gasteiger partial charge in [-0.05, 0) is 50.2 Å². The van der Waals surface area contributed by atoms with E-state index in [0.717, 1.165) is 0 Å². The van der Waals surface area contributed by atoms with Gasteiger partial charge in [-0.15, -0.1) is 0 Å². The average molecular weight is 371 g/mol. The molecule has 138 valence electrons. The average Bonchev–Trinajstić information content (AvgIpc) is 3.37. The molecule has 0 saturated heterocycles. The van der Waals surface area contributed by atoms with Crippen molar-refractivity contribution in [3.63, 3.8) is 0 Å². The summed E-state index contributed by atoms with van der Waals surface area (Å²) in [6.45, 7) is 4.00. The predicted octanol–water partition coefficient (Wildman–Crippen LogP) is 4.40. The maximum Gasteiger partial charge on any atom is 0.256 e. The van der Waals surface area contributed by atoms with Gasteiger partial charge in [0.15, 0.2) is 11.4 Å². The molecule has 4 rings (SSSR count). The Kier molecular flexibility index (Phi) is 4.38. The molecule has 28 heavy (non-hydrogen) atoms. The van der Waals surface area contributed by atoms with E-state index in [1.54, 1.807) is 59.6 Å². The number of anilines is 1. The van der Waals surface area contributed by atoms with Gasteiger partial charge in [0.25, 0.3) is 5.91 Å². The SMILES string of the molecule is CC(C)n1ncc2c(C(=O)Nc3cccc(C#N)c3)cc(-c3ccco3)nc21. The number of carbonyl (C=O) groups excluding carboxylic acids is 1. The third kappa shape index (κ3) is 3.12. The van der Waals surface area contributed by atoms with Crippen LogP contribution in [0.15, 0.2) is 59.3 Å². The summed E-state index contributed by atoms with van der Waals surface area (Å²) in [5, 5.41) is 17.0. The standard InChI is InChI=1S/C21H17N5O2/c1-13(2)26-20-17(12-23-26)16(10-18(25-20)19-7-4-8-28-19)21(27)24-15-6-3-5-14(9-15)11-22/h3-10,12-13H,1-2H3,(H,24,27). The van der Waals surface area contributed by atoms with Crippen molar-refractivity contribution in [2.45, 2.75) is 19.9 Å². The lowest BCUT2D eigenvalue weighted by atomic mass is 10.1. The Morgan fingerprint density at radius 2 is 2.11 bits per heavy atom. The van der Waals surface area contributed by atoms with Crippen LogP contribution >= 0.6 is 0 Å². The molecule has 0 atom stereocenters. The first-order valence-corrected chi connectivity index (χ1v) is 8.80. The number of aromatic nitrogens is 3. The maximum atomic E-state index is 13.0. The van der Waals surface area contributed by atoms with Crippen LogP contribution in [-0.2, 0) is 0 Å². The number of hydrogen-bond donors (Lipinski definition) is 1. The largest absolute Gasteiger partial charge is 0.463 e. The highest BCUT2D eigenvalue weighted by molar-refractivity contribution is 6.12. The zero-order valence-corrected chi connectivity index (χ0v) is 15.4. The highest BCUT2D eigenvalue weighted by Gasteiger charge is 2.19. The highest BCUT2D eigenvalue weighted by atomic mass is 16.3. The normalized spacial score (nSPS) is 10.9. The Balaban J connectivity index is 1.82. The number of nitriles is 1. The lowest BCUT2D eigenvalue weighted by Gasteiger charge is -2.10. The van der Waals surface area contributed by atoms with E-state index in [1.165, 1.54) is 0 Å². The van der Waals surface area contributed by atoms with Gasteiger partial charge >= 0.3 is 0 Å². The van der Waals surface area contributed by atoms with Gasteiger partial charge in [0.2, 0.25) is 0 Å². The van der Waals surface area contributed by atoms with E-state index in [4.69, 9.17) is 9.68 Å². The fourth-order valence-electron chi connectivity index (χ4n) is 3.00. The van der Waals surface area contributed by atoms with Crippen LogP contribution in [0.4, 0.5) is 5.69 Å². The van der Waals surface area contributed by atoms with Crippen molar-refractivity contribution in [1.29, 1.82) is 5.26 Å². The summed E-state index contributed by atoms with van der Waals surface area (Å²) in [5.74, 6) is 0.262. The summed E-state index contributed by atoms with van der Waals surface area (Å²) in [4.78, 5) is 17.7. The Morgan fingerprint density at radius 3 is 2.82 bits per heavy atom. The number of nitrogens with zero attached hydrogens (tertiary/aromatic N) is 4. The molecular weight excluding hydrogens is 354 g/mol. The third-order valence-electron chi connectivity index (χ3n) is 4.32. The summed E-state index contributed by atoms with van der Waals surface area (Å²) in [6, 6.07) is 14.2. The second-order valence-electron chi connectivity index (χ2n) is 6.60. The van der Waals surface area contributed by atoms with E-state index >= 15 is 0 Å². The van der Waals surface area contributed by atoms with E-state index in [2.05, 4.69) is 21.5 Å². The second-order valence-corrected chi connectivity index (χ2v) is 6.60. The van der Waals surface area contributed by atoms with Gasteiger partial charge in [-0.25, -0.2) is 9.67 Å². The molecule has 0 bridgehead atoms. The lowest BCUT2D eigenvalue weighted by molar-refractivity contribution is 0.102. The van der Waals surface area contributed by atoms with E-state index in [0.29, 0.717) is 39.3 Å².